The Bertz CT molecular complexity index is 1290. The summed E-state index contributed by atoms with van der Waals surface area (Å²) in [5.41, 5.74) is 0.279. The van der Waals surface area contributed by atoms with Crippen molar-refractivity contribution in [2.75, 3.05) is 18.5 Å². The number of carbonyl (C=O) groups excluding carboxylic acids is 1. The van der Waals surface area contributed by atoms with Gasteiger partial charge >= 0.3 is 0 Å². The first kappa shape index (κ1) is 22.3. The van der Waals surface area contributed by atoms with Gasteiger partial charge < -0.3 is 24.7 Å². The molecule has 1 aromatic carbocycles. The van der Waals surface area contributed by atoms with Crippen LogP contribution in [0, 0.1) is 11.7 Å². The minimum atomic E-state index is -0.462. The van der Waals surface area contributed by atoms with Crippen molar-refractivity contribution in [3.05, 3.63) is 52.5 Å². The Morgan fingerprint density at radius 3 is 2.82 bits per heavy atom. The van der Waals surface area contributed by atoms with Crippen LogP contribution in [0.3, 0.4) is 0 Å². The average molecular weight is 468 g/mol. The largest absolute Gasteiger partial charge is 0.488 e. The van der Waals surface area contributed by atoms with Crippen molar-refractivity contribution in [3.63, 3.8) is 0 Å². The molecule has 3 aromatic rings. The lowest BCUT2D eigenvalue weighted by molar-refractivity contribution is -0.118. The maximum absolute atomic E-state index is 14.5. The molecule has 1 aliphatic heterocycles. The molecule has 1 amide bonds. The maximum atomic E-state index is 14.5. The molecule has 0 unspecified atom stereocenters. The average Bonchev–Trinajstić information content (AvgIpc) is 2.85. The van der Waals surface area contributed by atoms with Gasteiger partial charge in [0.05, 0.1) is 24.9 Å². The van der Waals surface area contributed by atoms with Gasteiger partial charge in [-0.1, -0.05) is 0 Å². The van der Waals surface area contributed by atoms with E-state index in [0.717, 1.165) is 31.1 Å². The van der Waals surface area contributed by atoms with Gasteiger partial charge in [-0.25, -0.2) is 14.4 Å². The van der Waals surface area contributed by atoms with Crippen LogP contribution >= 0.6 is 0 Å². The fourth-order valence-electron chi connectivity index (χ4n) is 4.53. The summed E-state index contributed by atoms with van der Waals surface area (Å²) in [6.45, 7) is 0.871. The van der Waals surface area contributed by atoms with Crippen LogP contribution in [0.15, 0.2) is 35.3 Å². The van der Waals surface area contributed by atoms with E-state index in [4.69, 9.17) is 9.47 Å². The first-order valence-corrected chi connectivity index (χ1v) is 11.4. The van der Waals surface area contributed by atoms with E-state index in [1.807, 2.05) is 0 Å². The molecule has 34 heavy (non-hydrogen) atoms. The molecule has 0 spiro atoms. The van der Waals surface area contributed by atoms with E-state index < -0.39 is 5.82 Å². The van der Waals surface area contributed by atoms with Crippen molar-refractivity contribution in [1.29, 1.82) is 0 Å². The van der Waals surface area contributed by atoms with Crippen LogP contribution in [0.4, 0.5) is 10.2 Å². The second-order valence-corrected chi connectivity index (χ2v) is 8.79. The van der Waals surface area contributed by atoms with E-state index in [9.17, 15) is 14.0 Å². The van der Waals surface area contributed by atoms with Gasteiger partial charge in [-0.3, -0.25) is 9.59 Å². The van der Waals surface area contributed by atoms with Gasteiger partial charge in [0, 0.05) is 24.5 Å². The molecule has 10 heteroatoms. The summed E-state index contributed by atoms with van der Waals surface area (Å²) >= 11 is 0. The number of amides is 1. The second kappa shape index (κ2) is 9.38. The summed E-state index contributed by atoms with van der Waals surface area (Å²) in [5, 5.41) is 6.94. The number of halogens is 1. The third-order valence-corrected chi connectivity index (χ3v) is 6.47. The van der Waals surface area contributed by atoms with Crippen molar-refractivity contribution < 1.29 is 18.7 Å². The molecule has 0 atom stereocenters. The number of ether oxygens (including phenoxy) is 2. The molecule has 0 radical (unpaired) electrons. The molecular weight excluding hydrogens is 441 g/mol. The van der Waals surface area contributed by atoms with E-state index >= 15 is 0 Å². The number of rotatable bonds is 6. The smallest absolute Gasteiger partial charge is 0.263 e. The van der Waals surface area contributed by atoms with E-state index in [-0.39, 0.29) is 23.8 Å². The zero-order valence-electron chi connectivity index (χ0n) is 18.8. The minimum Gasteiger partial charge on any atom is -0.488 e. The zero-order chi connectivity index (χ0) is 23.7. The summed E-state index contributed by atoms with van der Waals surface area (Å²) in [6.07, 6.45) is 5.37. The molecule has 1 fully saturated rings. The summed E-state index contributed by atoms with van der Waals surface area (Å²) in [6, 6.07) is 6.51. The van der Waals surface area contributed by atoms with Crippen molar-refractivity contribution >= 4 is 22.6 Å². The highest BCUT2D eigenvalue weighted by Crippen LogP contribution is 2.31. The molecule has 5 rings (SSSR count). The van der Waals surface area contributed by atoms with Crippen LogP contribution in [0.1, 0.15) is 31.5 Å². The molecular formula is C24H26FN5O4. The highest BCUT2D eigenvalue weighted by atomic mass is 19.1. The molecule has 0 saturated heterocycles. The first-order chi connectivity index (χ1) is 16.5. The SMILES string of the molecule is Cn1c(=O)ccc2ccc(F)c(OC[C@H]3CC[C@H](NCc4ncc5c(n4)NC(=O)CO5)CC3)c21. The third kappa shape index (κ3) is 4.58. The predicted molar refractivity (Wildman–Crippen MR) is 123 cm³/mol. The summed E-state index contributed by atoms with van der Waals surface area (Å²) in [7, 11) is 1.63. The molecule has 178 valence electrons. The Kier molecular flexibility index (Phi) is 6.14. The van der Waals surface area contributed by atoms with E-state index in [1.54, 1.807) is 25.4 Å². The number of hydrogen-bond acceptors (Lipinski definition) is 7. The van der Waals surface area contributed by atoms with Crippen molar-refractivity contribution in [2.24, 2.45) is 13.0 Å². The van der Waals surface area contributed by atoms with Gasteiger partial charge in [0.25, 0.3) is 11.5 Å². The molecule has 1 saturated carbocycles. The number of hydrogen-bond donors (Lipinski definition) is 2. The van der Waals surface area contributed by atoms with Gasteiger partial charge in [-0.2, -0.15) is 0 Å². The Balaban J connectivity index is 1.15. The van der Waals surface area contributed by atoms with Crippen molar-refractivity contribution in [2.45, 2.75) is 38.3 Å². The number of benzene rings is 1. The van der Waals surface area contributed by atoms with Crippen LogP contribution < -0.4 is 25.7 Å². The lowest BCUT2D eigenvalue weighted by Gasteiger charge is -2.29. The minimum absolute atomic E-state index is 0.0217. The number of aryl methyl sites for hydroxylation is 1. The number of pyridine rings is 1. The van der Waals surface area contributed by atoms with Gasteiger partial charge in [-0.15, -0.1) is 0 Å². The fourth-order valence-corrected chi connectivity index (χ4v) is 4.53. The number of nitrogens with one attached hydrogen (secondary N) is 2. The normalized spacial score (nSPS) is 19.9. The number of nitrogens with zero attached hydrogens (tertiary/aromatic N) is 3. The van der Waals surface area contributed by atoms with Gasteiger partial charge in [-0.05, 0) is 49.8 Å². The monoisotopic (exact) mass is 467 g/mol. The van der Waals surface area contributed by atoms with E-state index in [0.29, 0.717) is 48.0 Å². The van der Waals surface area contributed by atoms with Gasteiger partial charge in [0.2, 0.25) is 0 Å². The number of fused-ring (bicyclic) bond motifs is 2. The standard InChI is InChI=1S/C24H26FN5O4/c1-30-21(32)9-5-15-4-8-17(25)23(22(15)30)34-12-14-2-6-16(7-3-14)26-11-19-27-10-18-24(28-19)29-20(31)13-33-18/h4-5,8-10,14,16,26H,2-3,6-7,11-13H2,1H3,(H,27,28,29,31)/t14-,16-. The predicted octanol–water partition coefficient (Wildman–Crippen LogP) is 2.53. The number of carbonyl (C=O) groups is 1. The highest BCUT2D eigenvalue weighted by molar-refractivity contribution is 5.94. The maximum Gasteiger partial charge on any atom is 0.263 e. The molecule has 2 aliphatic rings. The quantitative estimate of drug-likeness (QED) is 0.574. The Labute approximate surface area is 195 Å². The zero-order valence-corrected chi connectivity index (χ0v) is 18.8. The number of anilines is 1. The second-order valence-electron chi connectivity index (χ2n) is 8.79. The van der Waals surface area contributed by atoms with Crippen LogP contribution in [-0.2, 0) is 18.4 Å². The van der Waals surface area contributed by atoms with Crippen LogP contribution in [0.5, 0.6) is 11.5 Å². The first-order valence-electron chi connectivity index (χ1n) is 11.4. The topological polar surface area (TPSA) is 107 Å². The Morgan fingerprint density at radius 1 is 1.21 bits per heavy atom. The summed E-state index contributed by atoms with van der Waals surface area (Å²) < 4.78 is 27.2. The van der Waals surface area contributed by atoms with Crippen LogP contribution in [0.2, 0.25) is 0 Å². The van der Waals surface area contributed by atoms with Gasteiger partial charge in [0.15, 0.2) is 29.7 Å². The highest BCUT2D eigenvalue weighted by Gasteiger charge is 2.23. The Hall–Kier alpha value is -3.53. The van der Waals surface area contributed by atoms with E-state index in [1.165, 1.54) is 16.7 Å². The molecule has 2 aromatic heterocycles. The van der Waals surface area contributed by atoms with Crippen LogP contribution in [-0.4, -0.2) is 39.7 Å². The summed E-state index contributed by atoms with van der Waals surface area (Å²) in [4.78, 5) is 32.2. The third-order valence-electron chi connectivity index (χ3n) is 6.47. The van der Waals surface area contributed by atoms with Crippen LogP contribution in [0.25, 0.3) is 10.9 Å². The molecule has 1 aliphatic carbocycles. The van der Waals surface area contributed by atoms with Crippen molar-refractivity contribution in [1.82, 2.24) is 19.9 Å². The lowest BCUT2D eigenvalue weighted by Crippen LogP contribution is -2.34. The lowest BCUT2D eigenvalue weighted by atomic mass is 9.86. The molecule has 2 N–H and O–H groups in total. The fraction of sp³-hybridized carbons (Fsp3) is 0.417. The van der Waals surface area contributed by atoms with Gasteiger partial charge in [0.1, 0.15) is 5.82 Å². The van der Waals surface area contributed by atoms with E-state index in [2.05, 4.69) is 20.6 Å². The molecule has 3 heterocycles. The summed E-state index contributed by atoms with van der Waals surface area (Å²) in [5.74, 6) is 1.23. The van der Waals surface area contributed by atoms with Crippen molar-refractivity contribution in [3.8, 4) is 11.5 Å². The molecule has 0 bridgehead atoms. The molecule has 9 nitrogen and oxygen atoms in total. The Morgan fingerprint density at radius 2 is 2.00 bits per heavy atom. The number of aromatic nitrogens is 3.